The molecule has 1 aromatic carbocycles. The van der Waals surface area contributed by atoms with Gasteiger partial charge in [0.15, 0.2) is 0 Å². The lowest BCUT2D eigenvalue weighted by Crippen LogP contribution is -2.43. The van der Waals surface area contributed by atoms with E-state index in [-0.39, 0.29) is 22.7 Å². The molecular formula is C26H36FNO. The summed E-state index contributed by atoms with van der Waals surface area (Å²) in [7, 11) is 0. The van der Waals surface area contributed by atoms with Crippen LogP contribution in [0.4, 0.5) is 4.39 Å². The molecule has 3 heteroatoms. The molecule has 4 rings (SSSR count). The fourth-order valence-electron chi connectivity index (χ4n) is 6.86. The Balaban J connectivity index is 1.56. The smallest absolute Gasteiger partial charge is 0.220 e. The van der Waals surface area contributed by atoms with E-state index in [1.807, 2.05) is 26.8 Å². The van der Waals surface area contributed by atoms with Gasteiger partial charge in [-0.1, -0.05) is 31.2 Å². The highest BCUT2D eigenvalue weighted by Gasteiger charge is 2.55. The number of nitrogens with one attached hydrogen (secondary N) is 1. The maximum absolute atomic E-state index is 14.4. The maximum atomic E-state index is 14.4. The van der Waals surface area contributed by atoms with Crippen LogP contribution in [-0.2, 0) is 11.2 Å². The van der Waals surface area contributed by atoms with Gasteiger partial charge in [0.25, 0.3) is 0 Å². The summed E-state index contributed by atoms with van der Waals surface area (Å²) in [5, 5.41) is 3.11. The van der Waals surface area contributed by atoms with Crippen LogP contribution in [0.15, 0.2) is 30.4 Å². The molecule has 0 bridgehead atoms. The molecule has 0 spiro atoms. The summed E-state index contributed by atoms with van der Waals surface area (Å²) in [6.07, 6.45) is 6.74. The molecule has 3 aliphatic carbocycles. The van der Waals surface area contributed by atoms with E-state index in [0.29, 0.717) is 30.1 Å². The zero-order valence-electron chi connectivity index (χ0n) is 18.5. The standard InChI is InChI=1S/C26H36FNO/c1-16-15-17(9-12-23(29)28-25(2,3)4)24-21-11-10-20-18(7-6-8-22(20)27)19(21)13-14-26(16,24)5/h6-8,17,19,21,24H,1,9-15H2,2-5H3,(H,28,29)/t17-,19?,21?,24?,26-/m1/s1. The Labute approximate surface area is 175 Å². The number of benzene rings is 1. The van der Waals surface area contributed by atoms with E-state index in [1.54, 1.807) is 6.07 Å². The predicted molar refractivity (Wildman–Crippen MR) is 116 cm³/mol. The first kappa shape index (κ1) is 20.6. The topological polar surface area (TPSA) is 29.1 Å². The molecule has 1 aromatic rings. The van der Waals surface area contributed by atoms with Crippen LogP contribution in [0.1, 0.15) is 83.3 Å². The Morgan fingerprint density at radius 1 is 1.31 bits per heavy atom. The van der Waals surface area contributed by atoms with E-state index < -0.39 is 0 Å². The van der Waals surface area contributed by atoms with Crippen molar-refractivity contribution in [1.82, 2.24) is 5.32 Å². The van der Waals surface area contributed by atoms with Gasteiger partial charge >= 0.3 is 0 Å². The average molecular weight is 398 g/mol. The third-order valence-corrected chi connectivity index (χ3v) is 8.05. The molecule has 2 saturated carbocycles. The van der Waals surface area contributed by atoms with E-state index >= 15 is 0 Å². The molecule has 3 aliphatic rings. The van der Waals surface area contributed by atoms with Gasteiger partial charge in [0.2, 0.25) is 5.91 Å². The lowest BCUT2D eigenvalue weighted by atomic mass is 9.53. The molecule has 0 aliphatic heterocycles. The minimum atomic E-state index is -0.183. The Bertz CT molecular complexity index is 822. The molecule has 1 amide bonds. The summed E-state index contributed by atoms with van der Waals surface area (Å²) in [5.41, 5.74) is 3.59. The fourth-order valence-corrected chi connectivity index (χ4v) is 6.86. The van der Waals surface area contributed by atoms with E-state index in [1.165, 1.54) is 11.1 Å². The molecule has 29 heavy (non-hydrogen) atoms. The summed E-state index contributed by atoms with van der Waals surface area (Å²) < 4.78 is 14.4. The van der Waals surface area contributed by atoms with Crippen molar-refractivity contribution in [3.63, 3.8) is 0 Å². The monoisotopic (exact) mass is 397 g/mol. The summed E-state index contributed by atoms with van der Waals surface area (Å²) in [5.74, 6) is 2.25. The largest absolute Gasteiger partial charge is 0.352 e. The van der Waals surface area contributed by atoms with Gasteiger partial charge in [-0.15, -0.1) is 0 Å². The van der Waals surface area contributed by atoms with E-state index in [4.69, 9.17) is 0 Å². The van der Waals surface area contributed by atoms with E-state index in [9.17, 15) is 9.18 Å². The van der Waals surface area contributed by atoms with Crippen LogP contribution in [0.3, 0.4) is 0 Å². The normalized spacial score (nSPS) is 33.6. The summed E-state index contributed by atoms with van der Waals surface area (Å²) in [4.78, 5) is 12.4. The Hall–Kier alpha value is -1.64. The van der Waals surface area contributed by atoms with Crippen LogP contribution in [-0.4, -0.2) is 11.4 Å². The number of halogens is 1. The zero-order valence-corrected chi connectivity index (χ0v) is 18.5. The SMILES string of the molecule is C=C1C[C@@H](CCC(=O)NC(C)(C)C)C2C3CCc4c(F)cccc4C3CC[C@]12C. The number of hydrogen-bond donors (Lipinski definition) is 1. The van der Waals surface area contributed by atoms with Crippen molar-refractivity contribution in [1.29, 1.82) is 0 Å². The lowest BCUT2D eigenvalue weighted by Gasteiger charge is -2.51. The van der Waals surface area contributed by atoms with Gasteiger partial charge in [0.05, 0.1) is 0 Å². The van der Waals surface area contributed by atoms with Gasteiger partial charge < -0.3 is 5.32 Å². The Morgan fingerprint density at radius 3 is 2.79 bits per heavy atom. The first-order valence-electron chi connectivity index (χ1n) is 11.4. The predicted octanol–water partition coefficient (Wildman–Crippen LogP) is 6.16. The van der Waals surface area contributed by atoms with Crippen LogP contribution >= 0.6 is 0 Å². The third-order valence-electron chi connectivity index (χ3n) is 8.05. The molecule has 5 atom stereocenters. The second-order valence-corrected chi connectivity index (χ2v) is 11.0. The second kappa shape index (κ2) is 7.25. The highest BCUT2D eigenvalue weighted by molar-refractivity contribution is 5.76. The van der Waals surface area contributed by atoms with Crippen LogP contribution < -0.4 is 5.32 Å². The first-order valence-corrected chi connectivity index (χ1v) is 11.4. The van der Waals surface area contributed by atoms with Crippen molar-refractivity contribution in [2.75, 3.05) is 0 Å². The molecule has 0 saturated heterocycles. The van der Waals surface area contributed by atoms with Gasteiger partial charge in [-0.2, -0.15) is 0 Å². The molecule has 2 nitrogen and oxygen atoms in total. The second-order valence-electron chi connectivity index (χ2n) is 11.0. The Morgan fingerprint density at radius 2 is 2.07 bits per heavy atom. The highest BCUT2D eigenvalue weighted by atomic mass is 19.1. The van der Waals surface area contributed by atoms with Gasteiger partial charge in [-0.05, 0) is 106 Å². The maximum Gasteiger partial charge on any atom is 0.220 e. The van der Waals surface area contributed by atoms with Crippen molar-refractivity contribution in [3.05, 3.63) is 47.3 Å². The molecule has 3 unspecified atom stereocenters. The van der Waals surface area contributed by atoms with Gasteiger partial charge in [0, 0.05) is 12.0 Å². The third kappa shape index (κ3) is 3.66. The number of rotatable bonds is 3. The van der Waals surface area contributed by atoms with Gasteiger partial charge in [-0.25, -0.2) is 4.39 Å². The number of carbonyl (C=O) groups excluding carboxylic acids is 1. The molecule has 2 fully saturated rings. The van der Waals surface area contributed by atoms with Crippen molar-refractivity contribution in [3.8, 4) is 0 Å². The number of fused-ring (bicyclic) bond motifs is 5. The van der Waals surface area contributed by atoms with Crippen molar-refractivity contribution in [2.24, 2.45) is 23.2 Å². The Kier molecular flexibility index (Phi) is 5.16. The molecule has 0 radical (unpaired) electrons. The summed E-state index contributed by atoms with van der Waals surface area (Å²) in [6.45, 7) is 13.0. The molecule has 0 heterocycles. The van der Waals surface area contributed by atoms with Gasteiger partial charge in [0.1, 0.15) is 5.82 Å². The van der Waals surface area contributed by atoms with Crippen molar-refractivity contribution < 1.29 is 9.18 Å². The van der Waals surface area contributed by atoms with Crippen LogP contribution in [0.25, 0.3) is 0 Å². The van der Waals surface area contributed by atoms with Crippen LogP contribution in [0, 0.1) is 29.0 Å². The fraction of sp³-hybridized carbons (Fsp3) is 0.654. The van der Waals surface area contributed by atoms with E-state index in [2.05, 4.69) is 24.9 Å². The average Bonchev–Trinajstić information content (AvgIpc) is 2.89. The minimum absolute atomic E-state index is 0.0273. The first-order chi connectivity index (χ1) is 13.6. The molecule has 1 N–H and O–H groups in total. The lowest BCUT2D eigenvalue weighted by molar-refractivity contribution is -0.123. The number of amides is 1. The van der Waals surface area contributed by atoms with Crippen LogP contribution in [0.5, 0.6) is 0 Å². The van der Waals surface area contributed by atoms with Crippen molar-refractivity contribution in [2.45, 2.75) is 84.1 Å². The molecule has 0 aromatic heterocycles. The van der Waals surface area contributed by atoms with Crippen molar-refractivity contribution >= 4 is 5.91 Å². The van der Waals surface area contributed by atoms with Crippen LogP contribution in [0.2, 0.25) is 0 Å². The highest BCUT2D eigenvalue weighted by Crippen LogP contribution is 2.65. The quantitative estimate of drug-likeness (QED) is 0.608. The number of carbonyl (C=O) groups is 1. The number of hydrogen-bond acceptors (Lipinski definition) is 1. The zero-order chi connectivity index (χ0) is 21.0. The van der Waals surface area contributed by atoms with Gasteiger partial charge in [-0.3, -0.25) is 4.79 Å². The summed E-state index contributed by atoms with van der Waals surface area (Å²) in [6, 6.07) is 5.65. The molecule has 158 valence electrons. The summed E-state index contributed by atoms with van der Waals surface area (Å²) >= 11 is 0. The molecular weight excluding hydrogens is 361 g/mol. The van der Waals surface area contributed by atoms with E-state index in [0.717, 1.165) is 44.1 Å². The minimum Gasteiger partial charge on any atom is -0.352 e. The number of allylic oxidation sites excluding steroid dienone is 1.